The molecule has 0 bridgehead atoms. The topological polar surface area (TPSA) is 26.3 Å². The smallest absolute Gasteiger partial charge is 0.343 e. The number of ether oxygens (including phenoxy) is 1. The highest BCUT2D eigenvalue weighted by Crippen LogP contribution is 2.26. The molecule has 0 saturated heterocycles. The number of hydrogen-bond acceptors (Lipinski definition) is 2. The van der Waals surface area contributed by atoms with Crippen LogP contribution in [0.15, 0.2) is 72.8 Å². The van der Waals surface area contributed by atoms with Gasteiger partial charge < -0.3 is 4.74 Å². The Morgan fingerprint density at radius 1 is 0.750 bits per heavy atom. The van der Waals surface area contributed by atoms with Crippen LogP contribution in [0.5, 0.6) is 5.75 Å². The van der Waals surface area contributed by atoms with Crippen LogP contribution in [-0.2, 0) is 6.42 Å². The van der Waals surface area contributed by atoms with Gasteiger partial charge in [0.2, 0.25) is 0 Å². The molecule has 1 atom stereocenters. The van der Waals surface area contributed by atoms with Gasteiger partial charge in [0.15, 0.2) is 0 Å². The SMILES string of the molecule is CCCCCCc1ccc(OC(=O)c2ccc(-c3ccc(C(C)CCC)cc3)cc2)cc1. The van der Waals surface area contributed by atoms with E-state index in [0.29, 0.717) is 17.2 Å². The van der Waals surface area contributed by atoms with Gasteiger partial charge in [-0.25, -0.2) is 4.79 Å². The van der Waals surface area contributed by atoms with E-state index in [2.05, 4.69) is 57.2 Å². The molecule has 0 amide bonds. The van der Waals surface area contributed by atoms with Gasteiger partial charge in [0.25, 0.3) is 0 Å². The van der Waals surface area contributed by atoms with Crippen LogP contribution in [0.3, 0.4) is 0 Å². The predicted molar refractivity (Wildman–Crippen MR) is 134 cm³/mol. The fourth-order valence-corrected chi connectivity index (χ4v) is 4.05. The first-order valence-corrected chi connectivity index (χ1v) is 12.1. The molecule has 0 heterocycles. The summed E-state index contributed by atoms with van der Waals surface area (Å²) in [5, 5.41) is 0. The van der Waals surface area contributed by atoms with Crippen LogP contribution in [0, 0.1) is 0 Å². The molecule has 0 radical (unpaired) electrons. The third-order valence-electron chi connectivity index (χ3n) is 6.11. The Balaban J connectivity index is 1.57. The zero-order valence-electron chi connectivity index (χ0n) is 19.8. The molecule has 0 spiro atoms. The molecule has 2 heteroatoms. The monoisotopic (exact) mass is 428 g/mol. The summed E-state index contributed by atoms with van der Waals surface area (Å²) >= 11 is 0. The lowest BCUT2D eigenvalue weighted by molar-refractivity contribution is 0.0734. The molecular formula is C30H36O2. The Morgan fingerprint density at radius 2 is 1.38 bits per heavy atom. The van der Waals surface area contributed by atoms with E-state index in [9.17, 15) is 4.79 Å². The summed E-state index contributed by atoms with van der Waals surface area (Å²) in [6.07, 6.45) is 8.50. The maximum atomic E-state index is 12.5. The number of rotatable bonds is 11. The van der Waals surface area contributed by atoms with E-state index in [0.717, 1.165) is 17.5 Å². The summed E-state index contributed by atoms with van der Waals surface area (Å²) < 4.78 is 5.57. The van der Waals surface area contributed by atoms with Gasteiger partial charge in [-0.3, -0.25) is 0 Å². The van der Waals surface area contributed by atoms with E-state index >= 15 is 0 Å². The van der Waals surface area contributed by atoms with E-state index in [-0.39, 0.29) is 5.97 Å². The van der Waals surface area contributed by atoms with Crippen LogP contribution in [0.4, 0.5) is 0 Å². The summed E-state index contributed by atoms with van der Waals surface area (Å²) in [7, 11) is 0. The van der Waals surface area contributed by atoms with Crippen molar-refractivity contribution in [3.8, 4) is 16.9 Å². The van der Waals surface area contributed by atoms with Gasteiger partial charge in [0, 0.05) is 0 Å². The van der Waals surface area contributed by atoms with Gasteiger partial charge in [-0.05, 0) is 71.7 Å². The standard InChI is InChI=1S/C30H36O2/c1-4-6-7-8-10-24-11-21-29(22-12-24)32-30(31)28-19-17-27(18-20-28)26-15-13-25(14-16-26)23(3)9-5-2/h11-23H,4-10H2,1-3H3. The maximum absolute atomic E-state index is 12.5. The quantitative estimate of drug-likeness (QED) is 0.174. The van der Waals surface area contributed by atoms with Crippen LogP contribution in [0.25, 0.3) is 11.1 Å². The van der Waals surface area contributed by atoms with E-state index in [4.69, 9.17) is 4.74 Å². The third-order valence-corrected chi connectivity index (χ3v) is 6.11. The highest BCUT2D eigenvalue weighted by Gasteiger charge is 2.10. The first-order valence-electron chi connectivity index (χ1n) is 12.1. The van der Waals surface area contributed by atoms with Gasteiger partial charge >= 0.3 is 5.97 Å². The lowest BCUT2D eigenvalue weighted by atomic mass is 9.94. The Labute approximate surface area is 193 Å². The molecule has 168 valence electrons. The second-order valence-electron chi connectivity index (χ2n) is 8.73. The van der Waals surface area contributed by atoms with E-state index in [1.165, 1.54) is 49.7 Å². The van der Waals surface area contributed by atoms with Crippen molar-refractivity contribution in [3.63, 3.8) is 0 Å². The number of esters is 1. The highest BCUT2D eigenvalue weighted by molar-refractivity contribution is 5.91. The molecule has 32 heavy (non-hydrogen) atoms. The molecule has 0 aliphatic rings. The average Bonchev–Trinajstić information content (AvgIpc) is 2.83. The average molecular weight is 429 g/mol. The number of carbonyl (C=O) groups is 1. The molecule has 3 aromatic rings. The zero-order chi connectivity index (χ0) is 22.8. The molecule has 0 aliphatic heterocycles. The fraction of sp³-hybridized carbons (Fsp3) is 0.367. The molecule has 1 unspecified atom stereocenters. The molecule has 2 nitrogen and oxygen atoms in total. The van der Waals surface area contributed by atoms with Crippen molar-refractivity contribution in [2.24, 2.45) is 0 Å². The molecule has 0 aromatic heterocycles. The van der Waals surface area contributed by atoms with Gasteiger partial charge in [-0.15, -0.1) is 0 Å². The van der Waals surface area contributed by atoms with E-state index in [1.54, 1.807) is 0 Å². The molecular weight excluding hydrogens is 392 g/mol. The first kappa shape index (κ1) is 23.8. The van der Waals surface area contributed by atoms with Crippen LogP contribution in [0.1, 0.15) is 86.7 Å². The first-order chi connectivity index (χ1) is 15.6. The number of carbonyl (C=O) groups excluding carboxylic acids is 1. The largest absolute Gasteiger partial charge is 0.423 e. The minimum atomic E-state index is -0.323. The Morgan fingerprint density at radius 3 is 1.97 bits per heavy atom. The van der Waals surface area contributed by atoms with Crippen molar-refractivity contribution >= 4 is 5.97 Å². The number of unbranched alkanes of at least 4 members (excludes halogenated alkanes) is 3. The summed E-state index contributed by atoms with van der Waals surface area (Å²) in [6, 6.07) is 24.3. The molecule has 0 aliphatic carbocycles. The van der Waals surface area contributed by atoms with Crippen LogP contribution < -0.4 is 4.74 Å². The Bertz CT molecular complexity index is 953. The van der Waals surface area contributed by atoms with Gasteiger partial charge in [-0.1, -0.05) is 95.0 Å². The number of benzene rings is 3. The summed E-state index contributed by atoms with van der Waals surface area (Å²) in [5.74, 6) is 0.852. The van der Waals surface area contributed by atoms with Crippen LogP contribution in [0.2, 0.25) is 0 Å². The normalized spacial score (nSPS) is 11.8. The predicted octanol–water partition coefficient (Wildman–Crippen LogP) is 8.60. The van der Waals surface area contributed by atoms with Crippen molar-refractivity contribution in [1.29, 1.82) is 0 Å². The molecule has 3 aromatic carbocycles. The van der Waals surface area contributed by atoms with Crippen molar-refractivity contribution < 1.29 is 9.53 Å². The van der Waals surface area contributed by atoms with Crippen LogP contribution in [-0.4, -0.2) is 5.97 Å². The van der Waals surface area contributed by atoms with Crippen molar-refractivity contribution in [2.45, 2.75) is 71.6 Å². The summed E-state index contributed by atoms with van der Waals surface area (Å²) in [4.78, 5) is 12.5. The summed E-state index contributed by atoms with van der Waals surface area (Å²) in [6.45, 7) is 6.73. The van der Waals surface area contributed by atoms with Crippen LogP contribution >= 0.6 is 0 Å². The zero-order valence-corrected chi connectivity index (χ0v) is 19.8. The fourth-order valence-electron chi connectivity index (χ4n) is 4.05. The lowest BCUT2D eigenvalue weighted by Gasteiger charge is -2.11. The number of hydrogen-bond donors (Lipinski definition) is 0. The molecule has 0 fully saturated rings. The highest BCUT2D eigenvalue weighted by atomic mass is 16.5. The number of aryl methyl sites for hydroxylation is 1. The minimum absolute atomic E-state index is 0.323. The Kier molecular flexibility index (Phi) is 9.10. The lowest BCUT2D eigenvalue weighted by Crippen LogP contribution is -2.08. The summed E-state index contributed by atoms with van der Waals surface area (Å²) in [5.41, 5.74) is 5.49. The van der Waals surface area contributed by atoms with Crippen molar-refractivity contribution in [3.05, 3.63) is 89.5 Å². The van der Waals surface area contributed by atoms with Crippen molar-refractivity contribution in [1.82, 2.24) is 0 Å². The molecule has 3 rings (SSSR count). The van der Waals surface area contributed by atoms with Crippen molar-refractivity contribution in [2.75, 3.05) is 0 Å². The third kappa shape index (κ3) is 6.82. The molecule has 0 N–H and O–H groups in total. The Hall–Kier alpha value is -2.87. The van der Waals surface area contributed by atoms with Gasteiger partial charge in [-0.2, -0.15) is 0 Å². The second kappa shape index (κ2) is 12.2. The molecule has 0 saturated carbocycles. The van der Waals surface area contributed by atoms with Gasteiger partial charge in [0.1, 0.15) is 5.75 Å². The van der Waals surface area contributed by atoms with E-state index in [1.807, 2.05) is 36.4 Å². The second-order valence-corrected chi connectivity index (χ2v) is 8.73. The van der Waals surface area contributed by atoms with Gasteiger partial charge in [0.05, 0.1) is 5.56 Å². The maximum Gasteiger partial charge on any atom is 0.343 e. The van der Waals surface area contributed by atoms with E-state index < -0.39 is 0 Å². The minimum Gasteiger partial charge on any atom is -0.423 e.